The SMILES string of the molecule is O=c1c2nnc3ncnn3c2ccn1CCN1CCOCC1. The molecule has 0 N–H and O–H groups in total. The molecule has 3 aromatic rings. The number of morpholine rings is 1. The van der Waals surface area contributed by atoms with Crippen LogP contribution in [-0.4, -0.2) is 67.1 Å². The summed E-state index contributed by atoms with van der Waals surface area (Å²) >= 11 is 0. The smallest absolute Gasteiger partial charge is 0.280 e. The van der Waals surface area contributed by atoms with Crippen molar-refractivity contribution in [1.29, 1.82) is 0 Å². The molecule has 114 valence electrons. The zero-order valence-electron chi connectivity index (χ0n) is 11.9. The van der Waals surface area contributed by atoms with Gasteiger partial charge in [-0.05, 0) is 6.07 Å². The Bertz CT molecular complexity index is 866. The van der Waals surface area contributed by atoms with Gasteiger partial charge in [-0.2, -0.15) is 14.6 Å². The van der Waals surface area contributed by atoms with Gasteiger partial charge in [-0.25, -0.2) is 0 Å². The first-order chi connectivity index (χ1) is 10.8. The lowest BCUT2D eigenvalue weighted by Gasteiger charge is -2.26. The molecule has 0 unspecified atom stereocenters. The van der Waals surface area contributed by atoms with Crippen LogP contribution in [0.15, 0.2) is 23.4 Å². The van der Waals surface area contributed by atoms with Gasteiger partial charge in [0.15, 0.2) is 5.52 Å². The number of nitrogens with zero attached hydrogens (tertiary/aromatic N) is 7. The van der Waals surface area contributed by atoms with E-state index in [1.165, 1.54) is 10.8 Å². The fourth-order valence-electron chi connectivity index (χ4n) is 2.64. The normalized spacial score (nSPS) is 16.5. The van der Waals surface area contributed by atoms with E-state index in [4.69, 9.17) is 4.74 Å². The van der Waals surface area contributed by atoms with Crippen LogP contribution in [0.3, 0.4) is 0 Å². The molecule has 1 fully saturated rings. The fourth-order valence-corrected chi connectivity index (χ4v) is 2.64. The second kappa shape index (κ2) is 5.43. The van der Waals surface area contributed by atoms with Crippen LogP contribution in [0.1, 0.15) is 0 Å². The molecule has 9 nitrogen and oxygen atoms in total. The highest BCUT2D eigenvalue weighted by molar-refractivity contribution is 5.74. The molecule has 0 aliphatic carbocycles. The molecule has 1 aliphatic rings. The van der Waals surface area contributed by atoms with Crippen molar-refractivity contribution < 1.29 is 4.74 Å². The first-order valence-corrected chi connectivity index (χ1v) is 7.18. The van der Waals surface area contributed by atoms with Gasteiger partial charge in [-0.3, -0.25) is 9.69 Å². The van der Waals surface area contributed by atoms with Crippen LogP contribution in [-0.2, 0) is 11.3 Å². The second-order valence-electron chi connectivity index (χ2n) is 5.17. The van der Waals surface area contributed by atoms with E-state index in [1.807, 2.05) is 6.07 Å². The van der Waals surface area contributed by atoms with Crippen LogP contribution in [0, 0.1) is 0 Å². The summed E-state index contributed by atoms with van der Waals surface area (Å²) in [5.74, 6) is 0.387. The lowest BCUT2D eigenvalue weighted by Crippen LogP contribution is -2.39. The molecule has 9 heteroatoms. The number of aromatic nitrogens is 6. The Kier molecular flexibility index (Phi) is 3.28. The van der Waals surface area contributed by atoms with Crippen LogP contribution in [0.4, 0.5) is 0 Å². The Morgan fingerprint density at radius 2 is 2.05 bits per heavy atom. The van der Waals surface area contributed by atoms with Crippen LogP contribution >= 0.6 is 0 Å². The van der Waals surface area contributed by atoms with E-state index in [2.05, 4.69) is 25.2 Å². The number of hydrogen-bond donors (Lipinski definition) is 0. The van der Waals surface area contributed by atoms with Gasteiger partial charge < -0.3 is 9.30 Å². The summed E-state index contributed by atoms with van der Waals surface area (Å²) in [7, 11) is 0. The van der Waals surface area contributed by atoms with E-state index < -0.39 is 0 Å². The van der Waals surface area contributed by atoms with E-state index in [-0.39, 0.29) is 5.56 Å². The Balaban J connectivity index is 1.65. The maximum Gasteiger partial charge on any atom is 0.280 e. The summed E-state index contributed by atoms with van der Waals surface area (Å²) in [6.45, 7) is 4.74. The molecule has 1 saturated heterocycles. The van der Waals surface area contributed by atoms with Gasteiger partial charge in [-0.15, -0.1) is 10.2 Å². The van der Waals surface area contributed by atoms with Crippen molar-refractivity contribution in [2.75, 3.05) is 32.8 Å². The number of pyridine rings is 1. The van der Waals surface area contributed by atoms with Crippen molar-refractivity contribution in [1.82, 2.24) is 34.3 Å². The van der Waals surface area contributed by atoms with E-state index in [0.717, 1.165) is 32.8 Å². The van der Waals surface area contributed by atoms with Gasteiger partial charge in [0.25, 0.3) is 11.3 Å². The minimum atomic E-state index is -0.157. The van der Waals surface area contributed by atoms with Crippen LogP contribution < -0.4 is 5.56 Å². The van der Waals surface area contributed by atoms with Crippen molar-refractivity contribution in [3.63, 3.8) is 0 Å². The molecule has 0 saturated carbocycles. The lowest BCUT2D eigenvalue weighted by molar-refractivity contribution is 0.0363. The van der Waals surface area contributed by atoms with Crippen molar-refractivity contribution >= 4 is 16.8 Å². The third-order valence-electron chi connectivity index (χ3n) is 3.88. The third-order valence-corrected chi connectivity index (χ3v) is 3.88. The van der Waals surface area contributed by atoms with Gasteiger partial charge in [0.2, 0.25) is 0 Å². The first-order valence-electron chi connectivity index (χ1n) is 7.18. The summed E-state index contributed by atoms with van der Waals surface area (Å²) in [6, 6.07) is 1.83. The van der Waals surface area contributed by atoms with Gasteiger partial charge in [-0.1, -0.05) is 0 Å². The summed E-state index contributed by atoms with van der Waals surface area (Å²) < 4.78 is 8.51. The Morgan fingerprint density at radius 3 is 2.91 bits per heavy atom. The standard InChI is InChI=1S/C13H15N7O2/c21-12-11-10(20-13(17-16-11)14-9-15-20)1-2-19(12)4-3-18-5-7-22-8-6-18/h1-2,9H,3-8H2. The maximum absolute atomic E-state index is 12.5. The molecular weight excluding hydrogens is 286 g/mol. The maximum atomic E-state index is 12.5. The van der Waals surface area contributed by atoms with Crippen LogP contribution in [0.25, 0.3) is 16.8 Å². The van der Waals surface area contributed by atoms with Gasteiger partial charge in [0.1, 0.15) is 11.8 Å². The monoisotopic (exact) mass is 301 g/mol. The van der Waals surface area contributed by atoms with Gasteiger partial charge in [0, 0.05) is 32.4 Å². The van der Waals surface area contributed by atoms with Gasteiger partial charge in [0.05, 0.1) is 13.2 Å². The number of hydrogen-bond acceptors (Lipinski definition) is 7. The molecule has 3 aromatic heterocycles. The molecule has 4 rings (SSSR count). The highest BCUT2D eigenvalue weighted by Crippen LogP contribution is 2.06. The largest absolute Gasteiger partial charge is 0.379 e. The van der Waals surface area contributed by atoms with E-state index in [1.54, 1.807) is 10.8 Å². The number of fused-ring (bicyclic) bond motifs is 3. The molecule has 0 spiro atoms. The van der Waals surface area contributed by atoms with Crippen molar-refractivity contribution in [2.24, 2.45) is 0 Å². The summed E-state index contributed by atoms with van der Waals surface area (Å²) in [5.41, 5.74) is 0.772. The molecule has 0 radical (unpaired) electrons. The number of rotatable bonds is 3. The Labute approximate surface area is 125 Å². The minimum Gasteiger partial charge on any atom is -0.379 e. The zero-order chi connectivity index (χ0) is 14.9. The molecule has 0 atom stereocenters. The lowest BCUT2D eigenvalue weighted by atomic mass is 10.3. The minimum absolute atomic E-state index is 0.157. The molecular formula is C13H15N7O2. The highest BCUT2D eigenvalue weighted by atomic mass is 16.5. The summed E-state index contributed by atoms with van der Waals surface area (Å²) in [5, 5.41) is 12.0. The molecule has 4 heterocycles. The van der Waals surface area contributed by atoms with Crippen molar-refractivity contribution in [2.45, 2.75) is 6.54 Å². The molecule has 0 bridgehead atoms. The predicted molar refractivity (Wildman–Crippen MR) is 77.6 cm³/mol. The van der Waals surface area contributed by atoms with E-state index >= 15 is 0 Å². The van der Waals surface area contributed by atoms with E-state index in [9.17, 15) is 4.79 Å². The Hall–Kier alpha value is -2.39. The summed E-state index contributed by atoms with van der Waals surface area (Å²) in [4.78, 5) is 18.8. The molecule has 22 heavy (non-hydrogen) atoms. The predicted octanol–water partition coefficient (Wildman–Crippen LogP) is -0.834. The van der Waals surface area contributed by atoms with Crippen LogP contribution in [0.5, 0.6) is 0 Å². The number of ether oxygens (including phenoxy) is 1. The zero-order valence-corrected chi connectivity index (χ0v) is 11.9. The second-order valence-corrected chi connectivity index (χ2v) is 5.17. The highest BCUT2D eigenvalue weighted by Gasteiger charge is 2.13. The van der Waals surface area contributed by atoms with Crippen molar-refractivity contribution in [3.8, 4) is 0 Å². The quantitative estimate of drug-likeness (QED) is 0.623. The molecule has 1 aliphatic heterocycles. The molecule has 0 amide bonds. The Morgan fingerprint density at radius 1 is 1.18 bits per heavy atom. The third kappa shape index (κ3) is 2.24. The first kappa shape index (κ1) is 13.3. The molecule has 0 aromatic carbocycles. The fraction of sp³-hybridized carbons (Fsp3) is 0.462. The van der Waals surface area contributed by atoms with E-state index in [0.29, 0.717) is 23.4 Å². The van der Waals surface area contributed by atoms with Gasteiger partial charge >= 0.3 is 0 Å². The van der Waals surface area contributed by atoms with Crippen molar-refractivity contribution in [3.05, 3.63) is 28.9 Å². The average Bonchev–Trinajstić information content (AvgIpc) is 3.04. The summed E-state index contributed by atoms with van der Waals surface area (Å²) in [6.07, 6.45) is 3.17. The van der Waals surface area contributed by atoms with Crippen LogP contribution in [0.2, 0.25) is 0 Å². The average molecular weight is 301 g/mol. The topological polar surface area (TPSA) is 90.4 Å².